The van der Waals surface area contributed by atoms with E-state index in [2.05, 4.69) is 27.4 Å². The van der Waals surface area contributed by atoms with Gasteiger partial charge in [0.05, 0.1) is 25.8 Å². The first-order chi connectivity index (χ1) is 21.9. The number of nitrogens with zero attached hydrogens (tertiary/aromatic N) is 3. The molecule has 1 heterocycles. The van der Waals surface area contributed by atoms with E-state index >= 15 is 0 Å². The zero-order valence-electron chi connectivity index (χ0n) is 25.6. The average Bonchev–Trinajstić information content (AvgIpc) is 3.10. The first-order valence-corrected chi connectivity index (χ1v) is 14.7. The monoisotopic (exact) mass is 600 g/mol. The fourth-order valence-corrected chi connectivity index (χ4v) is 5.07. The quantitative estimate of drug-likeness (QED) is 0.184. The van der Waals surface area contributed by atoms with Crippen LogP contribution in [-0.2, 0) is 12.8 Å². The van der Waals surface area contributed by atoms with Crippen molar-refractivity contribution in [3.05, 3.63) is 143 Å². The second-order valence-electron chi connectivity index (χ2n) is 10.7. The Balaban J connectivity index is 1.24. The van der Waals surface area contributed by atoms with Gasteiger partial charge in [-0.3, -0.25) is 9.59 Å². The van der Waals surface area contributed by atoms with Gasteiger partial charge in [0.1, 0.15) is 0 Å². The molecule has 5 rings (SSSR count). The van der Waals surface area contributed by atoms with Gasteiger partial charge in [-0.1, -0.05) is 78.9 Å². The van der Waals surface area contributed by atoms with Crippen molar-refractivity contribution in [2.45, 2.75) is 18.9 Å². The normalized spacial score (nSPS) is 11.4. The van der Waals surface area contributed by atoms with Gasteiger partial charge < -0.3 is 19.7 Å². The van der Waals surface area contributed by atoms with E-state index in [1.165, 1.54) is 12.4 Å². The second kappa shape index (κ2) is 14.8. The maximum atomic E-state index is 13.3. The summed E-state index contributed by atoms with van der Waals surface area (Å²) in [6, 6.07) is 32.7. The molecule has 0 spiro atoms. The van der Waals surface area contributed by atoms with E-state index in [0.717, 1.165) is 16.7 Å². The van der Waals surface area contributed by atoms with Crippen LogP contribution < -0.4 is 14.8 Å². The average molecular weight is 601 g/mol. The van der Waals surface area contributed by atoms with Crippen molar-refractivity contribution >= 4 is 11.8 Å². The molecule has 0 aliphatic carbocycles. The lowest BCUT2D eigenvalue weighted by atomic mass is 9.98. The van der Waals surface area contributed by atoms with E-state index in [4.69, 9.17) is 9.47 Å². The molecule has 1 atom stereocenters. The number of methoxy groups -OCH3 is 2. The number of nitrogens with one attached hydrogen (secondary N) is 1. The van der Waals surface area contributed by atoms with E-state index in [9.17, 15) is 9.59 Å². The molecule has 1 N–H and O–H groups in total. The summed E-state index contributed by atoms with van der Waals surface area (Å²) in [6.07, 6.45) is 4.35. The van der Waals surface area contributed by atoms with Crippen LogP contribution in [0.25, 0.3) is 11.4 Å². The van der Waals surface area contributed by atoms with Gasteiger partial charge in [0.15, 0.2) is 17.3 Å². The van der Waals surface area contributed by atoms with Crippen molar-refractivity contribution in [1.29, 1.82) is 0 Å². The number of carbonyl (C=O) groups excluding carboxylic acids is 2. The highest BCUT2D eigenvalue weighted by Crippen LogP contribution is 2.28. The number of carbonyl (C=O) groups is 2. The molecule has 0 saturated carbocycles. The summed E-state index contributed by atoms with van der Waals surface area (Å²) in [5, 5.41) is 3.15. The summed E-state index contributed by atoms with van der Waals surface area (Å²) in [5.41, 5.74) is 4.75. The van der Waals surface area contributed by atoms with Crippen LogP contribution in [0.3, 0.4) is 0 Å². The molecule has 0 saturated heterocycles. The molecule has 4 aromatic carbocycles. The van der Waals surface area contributed by atoms with Crippen LogP contribution in [0.4, 0.5) is 0 Å². The fourth-order valence-electron chi connectivity index (χ4n) is 5.07. The van der Waals surface area contributed by atoms with Crippen LogP contribution in [-0.4, -0.2) is 54.5 Å². The molecule has 0 bridgehead atoms. The molecule has 1 unspecified atom stereocenters. The van der Waals surface area contributed by atoms with Crippen molar-refractivity contribution in [2.75, 3.05) is 27.8 Å². The third-order valence-corrected chi connectivity index (χ3v) is 7.60. The maximum Gasteiger partial charge on any atom is 0.254 e. The van der Waals surface area contributed by atoms with E-state index < -0.39 is 0 Å². The van der Waals surface area contributed by atoms with Crippen LogP contribution in [0.5, 0.6) is 11.5 Å². The molecule has 8 heteroatoms. The number of rotatable bonds is 12. The Kier molecular flexibility index (Phi) is 10.2. The van der Waals surface area contributed by atoms with Crippen LogP contribution >= 0.6 is 0 Å². The third-order valence-electron chi connectivity index (χ3n) is 7.60. The summed E-state index contributed by atoms with van der Waals surface area (Å²) >= 11 is 0. The molecule has 228 valence electrons. The molecule has 45 heavy (non-hydrogen) atoms. The molecule has 5 aromatic rings. The second-order valence-corrected chi connectivity index (χ2v) is 10.7. The number of hydrogen-bond donors (Lipinski definition) is 1. The lowest BCUT2D eigenvalue weighted by molar-refractivity contribution is 0.0796. The van der Waals surface area contributed by atoms with Crippen molar-refractivity contribution in [1.82, 2.24) is 20.2 Å². The SMILES string of the molecule is COc1ccc(CCN(C)C(=O)c2cccc(-c3ncc(C(=O)NC(Cc4ccccc4)c4ccccc4)cn3)c2)cc1OC. The number of aromatic nitrogens is 2. The molecule has 0 radical (unpaired) electrons. The lowest BCUT2D eigenvalue weighted by Crippen LogP contribution is -2.30. The van der Waals surface area contributed by atoms with Crippen molar-refractivity contribution in [3.63, 3.8) is 0 Å². The highest BCUT2D eigenvalue weighted by Gasteiger charge is 2.18. The molecule has 8 nitrogen and oxygen atoms in total. The summed E-state index contributed by atoms with van der Waals surface area (Å²) < 4.78 is 10.7. The Labute approximate surface area is 263 Å². The summed E-state index contributed by atoms with van der Waals surface area (Å²) in [6.45, 7) is 0.521. The van der Waals surface area contributed by atoms with Crippen molar-refractivity contribution < 1.29 is 19.1 Å². The third kappa shape index (κ3) is 7.92. The largest absolute Gasteiger partial charge is 0.493 e. The maximum absolute atomic E-state index is 13.3. The van der Waals surface area contributed by atoms with Gasteiger partial charge in [0.25, 0.3) is 11.8 Å². The zero-order valence-corrected chi connectivity index (χ0v) is 25.6. The Bertz CT molecular complexity index is 1730. The topological polar surface area (TPSA) is 93.7 Å². The smallest absolute Gasteiger partial charge is 0.254 e. The minimum Gasteiger partial charge on any atom is -0.493 e. The standard InChI is InChI=1S/C37H36N4O4/c1-41(20-19-27-17-18-33(44-2)34(22-27)45-3)37(43)30-16-10-15-29(23-30)35-38-24-31(25-39-35)36(42)40-32(28-13-8-5-9-14-28)21-26-11-6-4-7-12-26/h4-18,22-25,32H,19-21H2,1-3H3,(H,40,42). The minimum absolute atomic E-state index is 0.112. The first-order valence-electron chi connectivity index (χ1n) is 14.7. The van der Waals surface area contributed by atoms with Gasteiger partial charge in [-0.2, -0.15) is 0 Å². The number of benzene rings is 4. The number of ether oxygens (including phenoxy) is 2. The van der Waals surface area contributed by atoms with Crippen LogP contribution in [0.1, 0.15) is 43.4 Å². The Morgan fingerprint density at radius 3 is 2.13 bits per heavy atom. The highest BCUT2D eigenvalue weighted by molar-refractivity contribution is 5.95. The molecule has 2 amide bonds. The van der Waals surface area contributed by atoms with Gasteiger partial charge in [0.2, 0.25) is 0 Å². The molecular weight excluding hydrogens is 564 g/mol. The van der Waals surface area contributed by atoms with Gasteiger partial charge in [-0.15, -0.1) is 0 Å². The van der Waals surface area contributed by atoms with Crippen molar-refractivity contribution in [2.24, 2.45) is 0 Å². The van der Waals surface area contributed by atoms with Gasteiger partial charge in [-0.05, 0) is 53.8 Å². The predicted molar refractivity (Wildman–Crippen MR) is 174 cm³/mol. The minimum atomic E-state index is -0.258. The Hall–Kier alpha value is -5.50. The van der Waals surface area contributed by atoms with E-state index in [1.807, 2.05) is 78.9 Å². The van der Waals surface area contributed by atoms with Gasteiger partial charge in [0, 0.05) is 37.1 Å². The summed E-state index contributed by atoms with van der Waals surface area (Å²) in [7, 11) is 4.98. The number of likely N-dealkylation sites (N-methyl/N-ethyl adjacent to an activating group) is 1. The van der Waals surface area contributed by atoms with Gasteiger partial charge >= 0.3 is 0 Å². The molecular formula is C37H36N4O4. The van der Waals surface area contributed by atoms with E-state index in [0.29, 0.717) is 53.4 Å². The van der Waals surface area contributed by atoms with Gasteiger partial charge in [-0.25, -0.2) is 9.97 Å². The summed E-state index contributed by atoms with van der Waals surface area (Å²) in [4.78, 5) is 37.1. The number of amides is 2. The fraction of sp³-hybridized carbons (Fsp3) is 0.189. The molecule has 0 aliphatic heterocycles. The van der Waals surface area contributed by atoms with Crippen LogP contribution in [0.15, 0.2) is 116 Å². The number of hydrogen-bond acceptors (Lipinski definition) is 6. The predicted octanol–water partition coefficient (Wildman–Crippen LogP) is 6.19. The Morgan fingerprint density at radius 2 is 1.44 bits per heavy atom. The van der Waals surface area contributed by atoms with Crippen LogP contribution in [0, 0.1) is 0 Å². The first kappa shape index (κ1) is 30.9. The molecule has 0 fully saturated rings. The summed E-state index contributed by atoms with van der Waals surface area (Å²) in [5.74, 6) is 1.38. The van der Waals surface area contributed by atoms with E-state index in [-0.39, 0.29) is 17.9 Å². The zero-order chi connectivity index (χ0) is 31.6. The lowest BCUT2D eigenvalue weighted by Gasteiger charge is -2.19. The molecule has 1 aromatic heterocycles. The van der Waals surface area contributed by atoms with Crippen LogP contribution in [0.2, 0.25) is 0 Å². The van der Waals surface area contributed by atoms with E-state index in [1.54, 1.807) is 38.3 Å². The van der Waals surface area contributed by atoms with Crippen molar-refractivity contribution in [3.8, 4) is 22.9 Å². The highest BCUT2D eigenvalue weighted by atomic mass is 16.5. The molecule has 0 aliphatic rings. The Morgan fingerprint density at radius 1 is 0.756 bits per heavy atom.